The first-order valence-electron chi connectivity index (χ1n) is 5.33. The molecule has 2 rings (SSSR count). The number of carbonyl (C=O) groups is 1. The number of carbonyl (C=O) groups excluding carboxylic acids is 1. The molecule has 0 aliphatic heterocycles. The van der Waals surface area contributed by atoms with E-state index in [1.54, 1.807) is 24.3 Å². The summed E-state index contributed by atoms with van der Waals surface area (Å²) in [6.45, 7) is -0.206. The van der Waals surface area contributed by atoms with Crippen molar-refractivity contribution in [1.82, 2.24) is 0 Å². The zero-order valence-electron chi connectivity index (χ0n) is 9.40. The molecule has 92 valence electrons. The lowest BCUT2D eigenvalue weighted by molar-refractivity contribution is 0.0917. The summed E-state index contributed by atoms with van der Waals surface area (Å²) in [6, 6.07) is 12.8. The largest absolute Gasteiger partial charge is 0.485 e. The van der Waals surface area contributed by atoms with E-state index in [2.05, 4.69) is 0 Å². The van der Waals surface area contributed by atoms with E-state index in [-0.39, 0.29) is 17.2 Å². The van der Waals surface area contributed by atoms with Gasteiger partial charge in [0.05, 0.1) is 5.56 Å². The van der Waals surface area contributed by atoms with Gasteiger partial charge in [-0.05, 0) is 30.3 Å². The summed E-state index contributed by atoms with van der Waals surface area (Å²) < 4.78 is 18.7. The summed E-state index contributed by atoms with van der Waals surface area (Å²) in [6.07, 6.45) is 0. The Kier molecular flexibility index (Phi) is 3.95. The number of para-hydroxylation sites is 1. The van der Waals surface area contributed by atoms with Crippen molar-refractivity contribution in [1.29, 1.82) is 0 Å². The molecule has 2 aromatic carbocycles. The molecule has 0 aromatic heterocycles. The van der Waals surface area contributed by atoms with E-state index in [1.807, 2.05) is 6.07 Å². The highest BCUT2D eigenvalue weighted by Gasteiger charge is 2.12. The van der Waals surface area contributed by atoms with Crippen LogP contribution in [0.2, 0.25) is 5.02 Å². The number of benzene rings is 2. The molecular weight excluding hydrogens is 255 g/mol. The van der Waals surface area contributed by atoms with Crippen molar-refractivity contribution in [2.45, 2.75) is 0 Å². The normalized spacial score (nSPS) is 10.1. The second-order valence-corrected chi connectivity index (χ2v) is 4.09. The number of ether oxygens (including phenoxy) is 1. The summed E-state index contributed by atoms with van der Waals surface area (Å²) in [5.41, 5.74) is -0.0182. The van der Waals surface area contributed by atoms with Gasteiger partial charge in [-0.3, -0.25) is 4.79 Å². The van der Waals surface area contributed by atoms with Gasteiger partial charge in [-0.25, -0.2) is 4.39 Å². The Hall–Kier alpha value is -1.87. The van der Waals surface area contributed by atoms with Crippen molar-refractivity contribution in [2.75, 3.05) is 6.61 Å². The van der Waals surface area contributed by atoms with Crippen LogP contribution in [0.4, 0.5) is 4.39 Å². The van der Waals surface area contributed by atoms with Crippen LogP contribution in [0.1, 0.15) is 10.4 Å². The van der Waals surface area contributed by atoms with Crippen LogP contribution in [0.25, 0.3) is 0 Å². The Bertz CT molecular complexity index is 555. The maximum atomic E-state index is 13.5. The van der Waals surface area contributed by atoms with Gasteiger partial charge in [-0.15, -0.1) is 0 Å². The molecule has 0 aliphatic rings. The molecule has 0 radical (unpaired) electrons. The first-order valence-corrected chi connectivity index (χ1v) is 5.71. The van der Waals surface area contributed by atoms with E-state index in [4.69, 9.17) is 16.3 Å². The van der Waals surface area contributed by atoms with Crippen LogP contribution in [0.3, 0.4) is 0 Å². The van der Waals surface area contributed by atoms with Crippen molar-refractivity contribution < 1.29 is 13.9 Å². The highest BCUT2D eigenvalue weighted by Crippen LogP contribution is 2.16. The highest BCUT2D eigenvalue weighted by atomic mass is 35.5. The highest BCUT2D eigenvalue weighted by molar-refractivity contribution is 6.30. The predicted molar refractivity (Wildman–Crippen MR) is 67.7 cm³/mol. The Morgan fingerprint density at radius 3 is 2.56 bits per heavy atom. The molecule has 0 atom stereocenters. The zero-order chi connectivity index (χ0) is 13.0. The van der Waals surface area contributed by atoms with Crippen LogP contribution >= 0.6 is 11.6 Å². The zero-order valence-corrected chi connectivity index (χ0v) is 10.2. The van der Waals surface area contributed by atoms with Crippen molar-refractivity contribution in [3.8, 4) is 5.75 Å². The summed E-state index contributed by atoms with van der Waals surface area (Å²) >= 11 is 5.61. The van der Waals surface area contributed by atoms with Crippen LogP contribution in [0.15, 0.2) is 48.5 Å². The maximum absolute atomic E-state index is 13.5. The van der Waals surface area contributed by atoms with E-state index in [9.17, 15) is 9.18 Å². The molecule has 0 unspecified atom stereocenters. The lowest BCUT2D eigenvalue weighted by Gasteiger charge is -2.06. The number of halogens is 2. The number of ketones is 1. The molecule has 0 spiro atoms. The van der Waals surface area contributed by atoms with E-state index in [0.29, 0.717) is 5.75 Å². The van der Waals surface area contributed by atoms with Crippen molar-refractivity contribution in [3.05, 3.63) is 64.9 Å². The minimum absolute atomic E-state index is 0.0182. The molecule has 4 heteroatoms. The SMILES string of the molecule is O=C(COc1ccccc1)c1ccc(Cl)cc1F. The van der Waals surface area contributed by atoms with Crippen LogP contribution in [0.5, 0.6) is 5.75 Å². The number of Topliss-reactive ketones (excluding diaryl/α,β-unsaturated/α-hetero) is 1. The Morgan fingerprint density at radius 2 is 1.89 bits per heavy atom. The maximum Gasteiger partial charge on any atom is 0.203 e. The number of rotatable bonds is 4. The Labute approximate surface area is 109 Å². The van der Waals surface area contributed by atoms with Gasteiger partial charge in [0.1, 0.15) is 11.6 Å². The Morgan fingerprint density at radius 1 is 1.17 bits per heavy atom. The monoisotopic (exact) mass is 264 g/mol. The minimum Gasteiger partial charge on any atom is -0.485 e. The van der Waals surface area contributed by atoms with Crippen molar-refractivity contribution in [3.63, 3.8) is 0 Å². The lowest BCUT2D eigenvalue weighted by atomic mass is 10.1. The van der Waals surface area contributed by atoms with Crippen molar-refractivity contribution >= 4 is 17.4 Å². The van der Waals surface area contributed by atoms with Gasteiger partial charge in [0.25, 0.3) is 0 Å². The molecule has 0 amide bonds. The van der Waals surface area contributed by atoms with Crippen molar-refractivity contribution in [2.24, 2.45) is 0 Å². The van der Waals surface area contributed by atoms with Gasteiger partial charge in [-0.1, -0.05) is 29.8 Å². The molecule has 0 saturated carbocycles. The topological polar surface area (TPSA) is 26.3 Å². The minimum atomic E-state index is -0.635. The third-order valence-corrected chi connectivity index (χ3v) is 2.58. The van der Waals surface area contributed by atoms with Gasteiger partial charge < -0.3 is 4.74 Å². The standard InChI is InChI=1S/C14H10ClFO2/c15-10-6-7-12(13(16)8-10)14(17)9-18-11-4-2-1-3-5-11/h1-8H,9H2. The fraction of sp³-hybridized carbons (Fsp3) is 0.0714. The molecule has 0 bridgehead atoms. The first kappa shape index (κ1) is 12.6. The predicted octanol–water partition coefficient (Wildman–Crippen LogP) is 3.74. The lowest BCUT2D eigenvalue weighted by Crippen LogP contribution is -2.13. The average molecular weight is 265 g/mol. The summed E-state index contributed by atoms with van der Waals surface area (Å²) in [5, 5.41) is 0.257. The summed E-state index contributed by atoms with van der Waals surface area (Å²) in [7, 11) is 0. The van der Waals surface area contributed by atoms with E-state index >= 15 is 0 Å². The second-order valence-electron chi connectivity index (χ2n) is 3.65. The van der Waals surface area contributed by atoms with Crippen LogP contribution in [-0.4, -0.2) is 12.4 Å². The fourth-order valence-corrected chi connectivity index (χ4v) is 1.62. The van der Waals surface area contributed by atoms with Gasteiger partial charge in [0, 0.05) is 5.02 Å². The molecule has 0 fully saturated rings. The quantitative estimate of drug-likeness (QED) is 0.787. The number of hydrogen-bond donors (Lipinski definition) is 0. The molecule has 2 aromatic rings. The van der Waals surface area contributed by atoms with Crippen LogP contribution in [-0.2, 0) is 0 Å². The van der Waals surface area contributed by atoms with Crippen LogP contribution < -0.4 is 4.74 Å². The number of hydrogen-bond acceptors (Lipinski definition) is 2. The smallest absolute Gasteiger partial charge is 0.203 e. The molecule has 0 N–H and O–H groups in total. The van der Waals surface area contributed by atoms with E-state index in [0.717, 1.165) is 6.07 Å². The third kappa shape index (κ3) is 3.08. The van der Waals surface area contributed by atoms with E-state index < -0.39 is 11.6 Å². The second kappa shape index (κ2) is 5.65. The Balaban J connectivity index is 2.04. The van der Waals surface area contributed by atoms with Crippen LogP contribution in [0, 0.1) is 5.82 Å². The average Bonchev–Trinajstić information content (AvgIpc) is 2.37. The van der Waals surface area contributed by atoms with Gasteiger partial charge in [-0.2, -0.15) is 0 Å². The first-order chi connectivity index (χ1) is 8.66. The molecular formula is C14H10ClFO2. The molecule has 0 aliphatic carbocycles. The molecule has 0 heterocycles. The molecule has 18 heavy (non-hydrogen) atoms. The summed E-state index contributed by atoms with van der Waals surface area (Å²) in [5.74, 6) is -0.489. The molecule has 2 nitrogen and oxygen atoms in total. The third-order valence-electron chi connectivity index (χ3n) is 2.34. The van der Waals surface area contributed by atoms with E-state index in [1.165, 1.54) is 12.1 Å². The fourth-order valence-electron chi connectivity index (χ4n) is 1.46. The van der Waals surface area contributed by atoms with Gasteiger partial charge >= 0.3 is 0 Å². The summed E-state index contributed by atoms with van der Waals surface area (Å²) in [4.78, 5) is 11.7. The van der Waals surface area contributed by atoms with Gasteiger partial charge in [0.2, 0.25) is 5.78 Å². The van der Waals surface area contributed by atoms with Gasteiger partial charge in [0.15, 0.2) is 6.61 Å². The molecule has 0 saturated heterocycles.